The molecule has 1 aliphatic rings. The van der Waals surface area contributed by atoms with Crippen LogP contribution in [0.1, 0.15) is 34.1 Å². The van der Waals surface area contributed by atoms with E-state index in [1.165, 1.54) is 30.5 Å². The number of pyridine rings is 1. The van der Waals surface area contributed by atoms with Gasteiger partial charge in [0.2, 0.25) is 0 Å². The molecule has 3 aromatic heterocycles. The highest BCUT2D eigenvalue weighted by molar-refractivity contribution is 7.22. The van der Waals surface area contributed by atoms with Crippen molar-refractivity contribution in [3.63, 3.8) is 0 Å². The number of methoxy groups -OCH3 is 2. The van der Waals surface area contributed by atoms with Gasteiger partial charge in [-0.25, -0.2) is 9.97 Å². The van der Waals surface area contributed by atoms with Crippen LogP contribution in [-0.2, 0) is 9.59 Å². The van der Waals surface area contributed by atoms with E-state index in [9.17, 15) is 14.7 Å². The Morgan fingerprint density at radius 2 is 1.75 bits per heavy atom. The first-order chi connectivity index (χ1) is 19.2. The zero-order valence-corrected chi connectivity index (χ0v) is 23.4. The smallest absolute Gasteiger partial charge is 0.301 e. The number of hydrogen-bond acceptors (Lipinski definition) is 8. The van der Waals surface area contributed by atoms with Crippen molar-refractivity contribution in [2.24, 2.45) is 0 Å². The first-order valence-corrected chi connectivity index (χ1v) is 13.4. The van der Waals surface area contributed by atoms with E-state index in [0.29, 0.717) is 39.2 Å². The number of carbonyl (C=O) groups is 2. The second kappa shape index (κ2) is 9.49. The summed E-state index contributed by atoms with van der Waals surface area (Å²) >= 11 is 1.33. The highest BCUT2D eigenvalue weighted by atomic mass is 32.1. The van der Waals surface area contributed by atoms with Crippen LogP contribution in [0.3, 0.4) is 0 Å². The van der Waals surface area contributed by atoms with Crippen molar-refractivity contribution in [1.29, 1.82) is 0 Å². The molecule has 4 heterocycles. The van der Waals surface area contributed by atoms with E-state index in [1.807, 2.05) is 32.0 Å². The largest absolute Gasteiger partial charge is 0.505 e. The molecule has 0 spiro atoms. The molecule has 40 heavy (non-hydrogen) atoms. The molecule has 1 amide bonds. The number of nitrogens with zero attached hydrogens (tertiary/aromatic N) is 4. The highest BCUT2D eigenvalue weighted by Crippen LogP contribution is 2.46. The number of fused-ring (bicyclic) bond motifs is 2. The molecule has 1 atom stereocenters. The number of aliphatic hydroxyl groups excluding tert-OH is 1. The van der Waals surface area contributed by atoms with E-state index in [2.05, 4.69) is 4.98 Å². The first-order valence-electron chi connectivity index (χ1n) is 12.6. The summed E-state index contributed by atoms with van der Waals surface area (Å²) in [5, 5.41) is 12.1. The van der Waals surface area contributed by atoms with Crippen LogP contribution >= 0.6 is 11.3 Å². The Morgan fingerprint density at radius 1 is 0.975 bits per heavy atom. The van der Waals surface area contributed by atoms with Gasteiger partial charge in [0.25, 0.3) is 5.78 Å². The third-order valence-corrected chi connectivity index (χ3v) is 8.12. The number of thiazole rings is 1. The van der Waals surface area contributed by atoms with E-state index in [-0.39, 0.29) is 11.3 Å². The van der Waals surface area contributed by atoms with Gasteiger partial charge < -0.3 is 14.6 Å². The minimum absolute atomic E-state index is 0.0573. The lowest BCUT2D eigenvalue weighted by Crippen LogP contribution is -2.29. The molecule has 5 aromatic rings. The number of amides is 1. The van der Waals surface area contributed by atoms with Crippen molar-refractivity contribution >= 4 is 49.8 Å². The molecule has 1 unspecified atom stereocenters. The molecule has 9 nitrogen and oxygen atoms in total. The van der Waals surface area contributed by atoms with Gasteiger partial charge in [-0.1, -0.05) is 29.5 Å². The molecule has 0 bridgehead atoms. The predicted octanol–water partition coefficient (Wildman–Crippen LogP) is 5.51. The molecule has 10 heteroatoms. The molecule has 1 saturated heterocycles. The van der Waals surface area contributed by atoms with Crippen LogP contribution in [-0.4, -0.2) is 45.4 Å². The maximum Gasteiger partial charge on any atom is 0.301 e. The Balaban J connectivity index is 1.63. The minimum Gasteiger partial charge on any atom is -0.505 e. The van der Waals surface area contributed by atoms with Gasteiger partial charge in [-0.3, -0.25) is 18.9 Å². The molecule has 1 aliphatic heterocycles. The van der Waals surface area contributed by atoms with Crippen molar-refractivity contribution in [2.75, 3.05) is 19.1 Å². The number of rotatable bonds is 5. The monoisotopic (exact) mass is 554 g/mol. The van der Waals surface area contributed by atoms with E-state index >= 15 is 0 Å². The quantitative estimate of drug-likeness (QED) is 0.173. The van der Waals surface area contributed by atoms with E-state index in [4.69, 9.17) is 14.5 Å². The van der Waals surface area contributed by atoms with Crippen LogP contribution < -0.4 is 14.4 Å². The average Bonchev–Trinajstić information content (AvgIpc) is 3.59. The number of imidazole rings is 1. The van der Waals surface area contributed by atoms with Crippen LogP contribution in [0.5, 0.6) is 11.5 Å². The number of hydrogen-bond donors (Lipinski definition) is 1. The van der Waals surface area contributed by atoms with Gasteiger partial charge in [-0.2, -0.15) is 0 Å². The van der Waals surface area contributed by atoms with Gasteiger partial charge in [-0.15, -0.1) is 0 Å². The summed E-state index contributed by atoms with van der Waals surface area (Å²) in [6.45, 7) is 5.72. The van der Waals surface area contributed by atoms with Gasteiger partial charge in [0.15, 0.2) is 22.4 Å². The fourth-order valence-electron chi connectivity index (χ4n) is 5.36. The molecule has 202 valence electrons. The topological polar surface area (TPSA) is 106 Å². The number of ether oxygens (including phenoxy) is 2. The lowest BCUT2D eigenvalue weighted by molar-refractivity contribution is -0.132. The molecular formula is C30H26N4O5S. The maximum atomic E-state index is 13.8. The molecule has 1 N–H and O–H groups in total. The number of aryl methyl sites for hydroxylation is 3. The van der Waals surface area contributed by atoms with Crippen LogP contribution in [0.25, 0.3) is 21.6 Å². The Labute approximate surface area is 233 Å². The maximum absolute atomic E-state index is 13.8. The van der Waals surface area contributed by atoms with Crippen molar-refractivity contribution in [3.05, 3.63) is 88.4 Å². The van der Waals surface area contributed by atoms with Crippen molar-refractivity contribution < 1.29 is 24.2 Å². The highest BCUT2D eigenvalue weighted by Gasteiger charge is 2.49. The Morgan fingerprint density at radius 3 is 2.50 bits per heavy atom. The summed E-state index contributed by atoms with van der Waals surface area (Å²) in [5.74, 6) is -0.986. The molecule has 2 aromatic carbocycles. The fraction of sp³-hybridized carbons (Fsp3) is 0.200. The summed E-state index contributed by atoms with van der Waals surface area (Å²) in [5.41, 5.74) is 4.77. The number of carbonyl (C=O) groups excluding carboxylic acids is 2. The lowest BCUT2D eigenvalue weighted by Gasteiger charge is -2.23. The van der Waals surface area contributed by atoms with Crippen LogP contribution in [0.4, 0.5) is 5.13 Å². The molecular weight excluding hydrogens is 528 g/mol. The predicted molar refractivity (Wildman–Crippen MR) is 153 cm³/mol. The first kappa shape index (κ1) is 25.6. The van der Waals surface area contributed by atoms with Crippen LogP contribution in [0, 0.1) is 20.8 Å². The van der Waals surface area contributed by atoms with Crippen molar-refractivity contribution in [1.82, 2.24) is 14.4 Å². The minimum atomic E-state index is -0.976. The molecule has 0 radical (unpaired) electrons. The zero-order chi connectivity index (χ0) is 28.3. The number of aliphatic hydroxyl groups is 1. The van der Waals surface area contributed by atoms with E-state index in [1.54, 1.807) is 47.9 Å². The summed E-state index contributed by atoms with van der Waals surface area (Å²) in [7, 11) is 3.04. The van der Waals surface area contributed by atoms with Gasteiger partial charge in [0.05, 0.1) is 41.7 Å². The second-order valence-corrected chi connectivity index (χ2v) is 10.7. The van der Waals surface area contributed by atoms with Crippen LogP contribution in [0.2, 0.25) is 0 Å². The zero-order valence-electron chi connectivity index (χ0n) is 22.6. The molecule has 1 fully saturated rings. The second-order valence-electron chi connectivity index (χ2n) is 9.68. The van der Waals surface area contributed by atoms with E-state index < -0.39 is 17.7 Å². The molecule has 6 rings (SSSR count). The number of benzene rings is 2. The van der Waals surface area contributed by atoms with Gasteiger partial charge in [0.1, 0.15) is 11.3 Å². The SMILES string of the molecule is COc1ccc(C2C(=C(O)c3c(C)nc4ccccn34)C(=O)C(=O)N2c2nc3c(C)cc(C)cc3s2)cc1OC. The Bertz CT molecular complexity index is 1890. The number of ketones is 1. The van der Waals surface area contributed by atoms with Gasteiger partial charge >= 0.3 is 5.91 Å². The Hall–Kier alpha value is -4.70. The lowest BCUT2D eigenvalue weighted by atomic mass is 9.96. The third kappa shape index (κ3) is 3.83. The standard InChI is InChI=1S/C30H26N4O5S/c1-15-12-16(2)24-21(13-15)40-30(32-24)34-26(18-9-10-19(38-4)20(14-18)39-5)23(28(36)29(34)37)27(35)25-17(3)31-22-8-6-7-11-33(22)25/h6-14,26,35H,1-5H3. The third-order valence-electron chi connectivity index (χ3n) is 7.12. The van der Waals surface area contributed by atoms with Gasteiger partial charge in [-0.05, 0) is 67.8 Å². The summed E-state index contributed by atoms with van der Waals surface area (Å²) in [6, 6.07) is 13.7. The normalized spacial score (nSPS) is 16.8. The fourth-order valence-corrected chi connectivity index (χ4v) is 6.52. The van der Waals surface area contributed by atoms with Gasteiger partial charge in [0, 0.05) is 6.20 Å². The van der Waals surface area contributed by atoms with Crippen molar-refractivity contribution in [2.45, 2.75) is 26.8 Å². The Kier molecular flexibility index (Phi) is 6.07. The number of Topliss-reactive ketones (excluding diaryl/α,β-unsaturated/α-hetero) is 1. The molecule has 0 saturated carbocycles. The van der Waals surface area contributed by atoms with Crippen molar-refractivity contribution in [3.8, 4) is 11.5 Å². The van der Waals surface area contributed by atoms with Crippen LogP contribution in [0.15, 0.2) is 60.3 Å². The average molecular weight is 555 g/mol. The summed E-state index contributed by atoms with van der Waals surface area (Å²) in [4.78, 5) is 38.2. The summed E-state index contributed by atoms with van der Waals surface area (Å²) in [6.07, 6.45) is 1.75. The summed E-state index contributed by atoms with van der Waals surface area (Å²) < 4.78 is 13.5. The number of aromatic nitrogens is 3. The number of anilines is 1. The molecule has 0 aliphatic carbocycles. The van der Waals surface area contributed by atoms with E-state index in [0.717, 1.165) is 21.3 Å².